The van der Waals surface area contributed by atoms with E-state index in [1.165, 1.54) is 16.7 Å². The number of piperidine rings is 1. The predicted molar refractivity (Wildman–Crippen MR) is 90.8 cm³/mol. The molecule has 0 aromatic heterocycles. The molecular weight excluding hydrogens is 270 g/mol. The lowest BCUT2D eigenvalue weighted by molar-refractivity contribution is -0.0282. The zero-order valence-corrected chi connectivity index (χ0v) is 13.5. The van der Waals surface area contributed by atoms with Crippen LogP contribution in [0.4, 0.5) is 0 Å². The van der Waals surface area contributed by atoms with Crippen molar-refractivity contribution < 1.29 is 5.11 Å². The van der Waals surface area contributed by atoms with E-state index in [2.05, 4.69) is 67.3 Å². The molecule has 0 aliphatic carbocycles. The van der Waals surface area contributed by atoms with Gasteiger partial charge in [-0.05, 0) is 43.4 Å². The number of nitrogens with zero attached hydrogens (tertiary/aromatic N) is 1. The topological polar surface area (TPSA) is 23.5 Å². The van der Waals surface area contributed by atoms with Crippen LogP contribution in [0.3, 0.4) is 0 Å². The standard InChI is InChI=1S/C20H25NO/c1-16-8-9-19(17(2)14-16)20(22)10-12-21(13-11-20)15-18-6-4-3-5-7-18/h3-9,14,22H,10-13,15H2,1-2H3. The minimum atomic E-state index is -0.662. The highest BCUT2D eigenvalue weighted by molar-refractivity contribution is 5.35. The van der Waals surface area contributed by atoms with E-state index in [0.717, 1.165) is 38.0 Å². The van der Waals surface area contributed by atoms with Crippen LogP contribution in [0, 0.1) is 13.8 Å². The quantitative estimate of drug-likeness (QED) is 0.931. The summed E-state index contributed by atoms with van der Waals surface area (Å²) in [5.74, 6) is 0. The Morgan fingerprint density at radius 3 is 2.32 bits per heavy atom. The van der Waals surface area contributed by atoms with E-state index in [9.17, 15) is 5.11 Å². The predicted octanol–water partition coefficient (Wildman–Crippen LogP) is 3.79. The summed E-state index contributed by atoms with van der Waals surface area (Å²) < 4.78 is 0. The van der Waals surface area contributed by atoms with E-state index in [1.807, 2.05) is 0 Å². The Morgan fingerprint density at radius 1 is 1.00 bits per heavy atom. The van der Waals surface area contributed by atoms with Crippen LogP contribution in [0.15, 0.2) is 48.5 Å². The van der Waals surface area contributed by atoms with Gasteiger partial charge in [0.2, 0.25) is 0 Å². The Labute approximate surface area is 133 Å². The lowest BCUT2D eigenvalue weighted by Gasteiger charge is -2.39. The number of hydrogen-bond acceptors (Lipinski definition) is 2. The van der Waals surface area contributed by atoms with Gasteiger partial charge in [-0.2, -0.15) is 0 Å². The summed E-state index contributed by atoms with van der Waals surface area (Å²) in [6.45, 7) is 7.07. The molecule has 1 N–H and O–H groups in total. The summed E-state index contributed by atoms with van der Waals surface area (Å²) >= 11 is 0. The first-order valence-corrected chi connectivity index (χ1v) is 8.13. The van der Waals surface area contributed by atoms with Crippen LogP contribution >= 0.6 is 0 Å². The van der Waals surface area contributed by atoms with Crippen molar-refractivity contribution in [3.63, 3.8) is 0 Å². The third-order valence-corrected chi connectivity index (χ3v) is 4.82. The van der Waals surface area contributed by atoms with E-state index < -0.39 is 5.60 Å². The number of likely N-dealkylation sites (tertiary alicyclic amines) is 1. The minimum Gasteiger partial charge on any atom is -0.385 e. The van der Waals surface area contributed by atoms with Crippen molar-refractivity contribution in [3.8, 4) is 0 Å². The van der Waals surface area contributed by atoms with Gasteiger partial charge in [0, 0.05) is 19.6 Å². The van der Waals surface area contributed by atoms with Crippen LogP contribution in [0.5, 0.6) is 0 Å². The maximum absolute atomic E-state index is 11.1. The summed E-state index contributed by atoms with van der Waals surface area (Å²) in [6.07, 6.45) is 1.62. The lowest BCUT2D eigenvalue weighted by atomic mass is 9.81. The number of aryl methyl sites for hydroxylation is 2. The molecule has 0 bridgehead atoms. The lowest BCUT2D eigenvalue weighted by Crippen LogP contribution is -2.42. The van der Waals surface area contributed by atoms with Gasteiger partial charge in [0.25, 0.3) is 0 Å². The number of rotatable bonds is 3. The fourth-order valence-corrected chi connectivity index (χ4v) is 3.53. The van der Waals surface area contributed by atoms with Gasteiger partial charge in [0.1, 0.15) is 0 Å². The second-order valence-corrected chi connectivity index (χ2v) is 6.61. The highest BCUT2D eigenvalue weighted by atomic mass is 16.3. The van der Waals surface area contributed by atoms with Gasteiger partial charge >= 0.3 is 0 Å². The molecule has 0 atom stereocenters. The summed E-state index contributed by atoms with van der Waals surface area (Å²) in [5, 5.41) is 11.1. The van der Waals surface area contributed by atoms with Gasteiger partial charge in [-0.25, -0.2) is 0 Å². The molecule has 2 nitrogen and oxygen atoms in total. The molecule has 1 saturated heterocycles. The highest BCUT2D eigenvalue weighted by Crippen LogP contribution is 2.35. The Hall–Kier alpha value is -1.64. The Morgan fingerprint density at radius 2 is 1.68 bits per heavy atom. The molecule has 1 aliphatic heterocycles. The van der Waals surface area contributed by atoms with Crippen LogP contribution in [-0.2, 0) is 12.1 Å². The molecule has 2 heteroatoms. The number of hydrogen-bond donors (Lipinski definition) is 1. The molecule has 0 spiro atoms. The van der Waals surface area contributed by atoms with Crippen molar-refractivity contribution >= 4 is 0 Å². The summed E-state index contributed by atoms with van der Waals surface area (Å²) in [5.41, 5.74) is 4.26. The molecule has 0 unspecified atom stereocenters. The van der Waals surface area contributed by atoms with E-state index >= 15 is 0 Å². The number of benzene rings is 2. The van der Waals surface area contributed by atoms with E-state index in [0.29, 0.717) is 0 Å². The molecular formula is C20H25NO. The molecule has 1 heterocycles. The fraction of sp³-hybridized carbons (Fsp3) is 0.400. The largest absolute Gasteiger partial charge is 0.385 e. The molecule has 1 aliphatic rings. The SMILES string of the molecule is Cc1ccc(C2(O)CCN(Cc3ccccc3)CC2)c(C)c1. The second kappa shape index (κ2) is 6.23. The van der Waals surface area contributed by atoms with E-state index in [1.54, 1.807) is 0 Å². The third-order valence-electron chi connectivity index (χ3n) is 4.82. The first-order chi connectivity index (χ1) is 10.6. The normalized spacial score (nSPS) is 18.3. The molecule has 22 heavy (non-hydrogen) atoms. The van der Waals surface area contributed by atoms with Crippen molar-refractivity contribution in [1.82, 2.24) is 4.90 Å². The summed E-state index contributed by atoms with van der Waals surface area (Å²) in [4.78, 5) is 2.44. The van der Waals surface area contributed by atoms with Gasteiger partial charge in [-0.1, -0.05) is 54.1 Å². The van der Waals surface area contributed by atoms with Gasteiger partial charge in [-0.3, -0.25) is 4.90 Å². The molecule has 1 fully saturated rings. The van der Waals surface area contributed by atoms with Crippen LogP contribution in [0.25, 0.3) is 0 Å². The zero-order valence-electron chi connectivity index (χ0n) is 13.5. The van der Waals surface area contributed by atoms with Crippen molar-refractivity contribution in [2.75, 3.05) is 13.1 Å². The maximum atomic E-state index is 11.1. The smallest absolute Gasteiger partial charge is 0.0923 e. The molecule has 2 aromatic rings. The summed E-state index contributed by atoms with van der Waals surface area (Å²) in [6, 6.07) is 17.0. The van der Waals surface area contributed by atoms with Gasteiger partial charge in [0.05, 0.1) is 5.60 Å². The van der Waals surface area contributed by atoms with Gasteiger partial charge < -0.3 is 5.11 Å². The van der Waals surface area contributed by atoms with Crippen LogP contribution in [-0.4, -0.2) is 23.1 Å². The van der Waals surface area contributed by atoms with Gasteiger partial charge in [0.15, 0.2) is 0 Å². The highest BCUT2D eigenvalue weighted by Gasteiger charge is 2.34. The van der Waals surface area contributed by atoms with Crippen molar-refractivity contribution in [3.05, 3.63) is 70.8 Å². The van der Waals surface area contributed by atoms with Crippen LogP contribution < -0.4 is 0 Å². The van der Waals surface area contributed by atoms with Crippen LogP contribution in [0.2, 0.25) is 0 Å². The van der Waals surface area contributed by atoms with E-state index in [4.69, 9.17) is 0 Å². The Balaban J connectivity index is 1.67. The molecule has 0 radical (unpaired) electrons. The minimum absolute atomic E-state index is 0.662. The monoisotopic (exact) mass is 295 g/mol. The fourth-order valence-electron chi connectivity index (χ4n) is 3.53. The molecule has 2 aromatic carbocycles. The van der Waals surface area contributed by atoms with Crippen molar-refractivity contribution in [2.45, 2.75) is 38.8 Å². The van der Waals surface area contributed by atoms with Crippen molar-refractivity contribution in [1.29, 1.82) is 0 Å². The molecule has 0 saturated carbocycles. The second-order valence-electron chi connectivity index (χ2n) is 6.61. The zero-order chi connectivity index (χ0) is 15.6. The number of aliphatic hydroxyl groups is 1. The molecule has 116 valence electrons. The van der Waals surface area contributed by atoms with E-state index in [-0.39, 0.29) is 0 Å². The van der Waals surface area contributed by atoms with Gasteiger partial charge in [-0.15, -0.1) is 0 Å². The first-order valence-electron chi connectivity index (χ1n) is 8.13. The first kappa shape index (κ1) is 15.3. The van der Waals surface area contributed by atoms with Crippen molar-refractivity contribution in [2.24, 2.45) is 0 Å². The average Bonchev–Trinajstić information content (AvgIpc) is 2.51. The Kier molecular flexibility index (Phi) is 4.32. The molecule has 3 rings (SSSR count). The third kappa shape index (κ3) is 3.23. The average molecular weight is 295 g/mol. The Bertz CT molecular complexity index is 627. The summed E-state index contributed by atoms with van der Waals surface area (Å²) in [7, 11) is 0. The maximum Gasteiger partial charge on any atom is 0.0923 e. The van der Waals surface area contributed by atoms with Crippen LogP contribution in [0.1, 0.15) is 35.1 Å². The molecule has 0 amide bonds.